The van der Waals surface area contributed by atoms with Crippen molar-refractivity contribution in [2.75, 3.05) is 18.9 Å². The van der Waals surface area contributed by atoms with Gasteiger partial charge in [0.05, 0.1) is 11.7 Å². The van der Waals surface area contributed by atoms with Crippen LogP contribution < -0.4 is 11.1 Å². The topological polar surface area (TPSA) is 58.4 Å². The number of anilines is 1. The molecule has 4 nitrogen and oxygen atoms in total. The fraction of sp³-hybridized carbons (Fsp3) is 0.500. The molecule has 3 atom stereocenters. The van der Waals surface area contributed by atoms with Crippen molar-refractivity contribution in [2.24, 2.45) is 17.6 Å². The van der Waals surface area contributed by atoms with E-state index in [1.54, 1.807) is 0 Å². The number of nitrogens with two attached hydrogens (primary N) is 1. The quantitative estimate of drug-likeness (QED) is 0.791. The van der Waals surface area contributed by atoms with E-state index in [0.29, 0.717) is 16.2 Å². The molecule has 5 heteroatoms. The van der Waals surface area contributed by atoms with Gasteiger partial charge in [-0.1, -0.05) is 31.3 Å². The maximum atomic E-state index is 12.4. The number of thiocarbonyl (C=S) groups is 1. The number of amides is 1. The summed E-state index contributed by atoms with van der Waals surface area (Å²) < 4.78 is 0. The van der Waals surface area contributed by atoms with Crippen LogP contribution in [0.5, 0.6) is 0 Å². The standard InChI is InChI=1S/C16H23N3OS/c1-10-8-12(10)9-19(3)11(2)16(20)18-14-7-5-4-6-13(14)15(17)21/h4-7,10-12H,8-9H2,1-3H3,(H2,17,21)(H,18,20). The minimum atomic E-state index is -0.183. The van der Waals surface area contributed by atoms with Crippen molar-refractivity contribution in [1.82, 2.24) is 4.90 Å². The minimum absolute atomic E-state index is 0.0329. The molecule has 0 spiro atoms. The molecule has 0 heterocycles. The molecule has 0 aliphatic heterocycles. The SMILES string of the molecule is CC1CC1CN(C)C(C)C(=O)Nc1ccccc1C(N)=S. The first kappa shape index (κ1) is 15.9. The van der Waals surface area contributed by atoms with Crippen molar-refractivity contribution < 1.29 is 4.79 Å². The zero-order chi connectivity index (χ0) is 15.6. The lowest BCUT2D eigenvalue weighted by Gasteiger charge is -2.24. The Balaban J connectivity index is 1.98. The Bertz CT molecular complexity index is 546. The van der Waals surface area contributed by atoms with Crippen LogP contribution in [-0.2, 0) is 4.79 Å². The molecule has 0 radical (unpaired) electrons. The average Bonchev–Trinajstić information content (AvgIpc) is 3.13. The van der Waals surface area contributed by atoms with Crippen LogP contribution in [0.3, 0.4) is 0 Å². The van der Waals surface area contributed by atoms with Crippen molar-refractivity contribution >= 4 is 28.8 Å². The Hall–Kier alpha value is -1.46. The van der Waals surface area contributed by atoms with E-state index in [4.69, 9.17) is 18.0 Å². The second-order valence-electron chi connectivity index (χ2n) is 5.99. The van der Waals surface area contributed by atoms with Gasteiger partial charge in [-0.2, -0.15) is 0 Å². The van der Waals surface area contributed by atoms with Gasteiger partial charge in [-0.25, -0.2) is 0 Å². The van der Waals surface area contributed by atoms with Crippen LogP contribution in [0.2, 0.25) is 0 Å². The number of nitrogens with one attached hydrogen (secondary N) is 1. The van der Waals surface area contributed by atoms with Crippen molar-refractivity contribution in [3.8, 4) is 0 Å². The van der Waals surface area contributed by atoms with E-state index in [-0.39, 0.29) is 11.9 Å². The minimum Gasteiger partial charge on any atom is -0.389 e. The maximum absolute atomic E-state index is 12.4. The number of hydrogen-bond acceptors (Lipinski definition) is 3. The number of rotatable bonds is 6. The third-order valence-electron chi connectivity index (χ3n) is 4.29. The molecule has 1 aliphatic rings. The first-order chi connectivity index (χ1) is 9.90. The lowest BCUT2D eigenvalue weighted by molar-refractivity contribution is -0.120. The molecule has 0 bridgehead atoms. The second-order valence-corrected chi connectivity index (χ2v) is 6.43. The number of carbonyl (C=O) groups excluding carboxylic acids is 1. The van der Waals surface area contributed by atoms with E-state index in [0.717, 1.165) is 18.4 Å². The van der Waals surface area contributed by atoms with Crippen molar-refractivity contribution in [3.05, 3.63) is 29.8 Å². The first-order valence-electron chi connectivity index (χ1n) is 7.30. The van der Waals surface area contributed by atoms with Gasteiger partial charge in [-0.05, 0) is 44.4 Å². The predicted octanol–water partition coefficient (Wildman–Crippen LogP) is 2.24. The third-order valence-corrected chi connectivity index (χ3v) is 4.51. The molecule has 1 aliphatic carbocycles. The molecular weight excluding hydrogens is 282 g/mol. The average molecular weight is 305 g/mol. The second kappa shape index (κ2) is 6.54. The summed E-state index contributed by atoms with van der Waals surface area (Å²) in [5.41, 5.74) is 7.06. The van der Waals surface area contributed by atoms with Gasteiger partial charge in [0.2, 0.25) is 5.91 Å². The molecule has 0 aromatic heterocycles. The summed E-state index contributed by atoms with van der Waals surface area (Å²) in [6, 6.07) is 7.17. The van der Waals surface area contributed by atoms with Gasteiger partial charge < -0.3 is 11.1 Å². The molecule has 1 aromatic carbocycles. The van der Waals surface area contributed by atoms with E-state index >= 15 is 0 Å². The largest absolute Gasteiger partial charge is 0.389 e. The molecule has 1 saturated carbocycles. The molecule has 1 aromatic rings. The van der Waals surface area contributed by atoms with Gasteiger partial charge in [0.15, 0.2) is 0 Å². The Morgan fingerprint density at radius 1 is 1.52 bits per heavy atom. The summed E-state index contributed by atoms with van der Waals surface area (Å²) in [4.78, 5) is 14.8. The van der Waals surface area contributed by atoms with E-state index in [9.17, 15) is 4.79 Å². The van der Waals surface area contributed by atoms with E-state index < -0.39 is 0 Å². The van der Waals surface area contributed by atoms with Gasteiger partial charge in [0.25, 0.3) is 0 Å². The fourth-order valence-corrected chi connectivity index (χ4v) is 2.60. The van der Waals surface area contributed by atoms with Crippen LogP contribution in [0.4, 0.5) is 5.69 Å². The number of para-hydroxylation sites is 1. The number of nitrogens with zero attached hydrogens (tertiary/aromatic N) is 1. The van der Waals surface area contributed by atoms with Crippen molar-refractivity contribution in [1.29, 1.82) is 0 Å². The molecule has 21 heavy (non-hydrogen) atoms. The summed E-state index contributed by atoms with van der Waals surface area (Å²) in [6.45, 7) is 5.14. The van der Waals surface area contributed by atoms with Crippen molar-refractivity contribution in [3.63, 3.8) is 0 Å². The Kier molecular flexibility index (Phi) is 4.96. The van der Waals surface area contributed by atoms with Gasteiger partial charge in [-0.15, -0.1) is 0 Å². The lowest BCUT2D eigenvalue weighted by atomic mass is 10.1. The smallest absolute Gasteiger partial charge is 0.241 e. The van der Waals surface area contributed by atoms with Gasteiger partial charge in [-0.3, -0.25) is 9.69 Å². The van der Waals surface area contributed by atoms with E-state index in [2.05, 4.69) is 17.1 Å². The first-order valence-corrected chi connectivity index (χ1v) is 7.71. The van der Waals surface area contributed by atoms with Gasteiger partial charge in [0, 0.05) is 12.1 Å². The molecule has 1 amide bonds. The third kappa shape index (κ3) is 4.02. The fourth-order valence-electron chi connectivity index (χ4n) is 2.43. The van der Waals surface area contributed by atoms with Gasteiger partial charge in [0.1, 0.15) is 4.99 Å². The van der Waals surface area contributed by atoms with Gasteiger partial charge >= 0.3 is 0 Å². The monoisotopic (exact) mass is 305 g/mol. The highest BCUT2D eigenvalue weighted by atomic mass is 32.1. The van der Waals surface area contributed by atoms with Crippen LogP contribution in [0.25, 0.3) is 0 Å². The lowest BCUT2D eigenvalue weighted by Crippen LogP contribution is -2.41. The highest BCUT2D eigenvalue weighted by molar-refractivity contribution is 7.80. The van der Waals surface area contributed by atoms with Crippen LogP contribution in [0, 0.1) is 11.8 Å². The molecule has 3 N–H and O–H groups in total. The molecule has 0 saturated heterocycles. The summed E-state index contributed by atoms with van der Waals surface area (Å²) in [5, 5.41) is 2.93. The number of likely N-dealkylation sites (N-methyl/N-ethyl adjacent to an activating group) is 1. The van der Waals surface area contributed by atoms with E-state index in [1.165, 1.54) is 6.42 Å². The predicted molar refractivity (Wildman–Crippen MR) is 90.3 cm³/mol. The zero-order valence-electron chi connectivity index (χ0n) is 12.8. The molecule has 1 fully saturated rings. The number of benzene rings is 1. The number of carbonyl (C=O) groups is 1. The Labute approximate surface area is 131 Å². The van der Waals surface area contributed by atoms with Crippen LogP contribution >= 0.6 is 12.2 Å². The van der Waals surface area contributed by atoms with Crippen molar-refractivity contribution in [2.45, 2.75) is 26.3 Å². The Morgan fingerprint density at radius 2 is 2.14 bits per heavy atom. The van der Waals surface area contributed by atoms with Crippen LogP contribution in [0.15, 0.2) is 24.3 Å². The molecule has 3 unspecified atom stereocenters. The highest BCUT2D eigenvalue weighted by Gasteiger charge is 2.34. The summed E-state index contributed by atoms with van der Waals surface area (Å²) in [5.74, 6) is 1.49. The Morgan fingerprint density at radius 3 is 2.71 bits per heavy atom. The number of hydrogen-bond donors (Lipinski definition) is 2. The highest BCUT2D eigenvalue weighted by Crippen LogP contribution is 2.38. The zero-order valence-corrected chi connectivity index (χ0v) is 13.6. The summed E-state index contributed by atoms with van der Waals surface area (Å²) >= 11 is 5.01. The normalized spacial score (nSPS) is 21.9. The van der Waals surface area contributed by atoms with Crippen LogP contribution in [-0.4, -0.2) is 35.4 Å². The van der Waals surface area contributed by atoms with Crippen LogP contribution in [0.1, 0.15) is 25.8 Å². The van der Waals surface area contributed by atoms with E-state index in [1.807, 2.05) is 38.2 Å². The molecule has 114 valence electrons. The maximum Gasteiger partial charge on any atom is 0.241 e. The summed E-state index contributed by atoms with van der Waals surface area (Å²) in [7, 11) is 1.99. The molecule has 2 rings (SSSR count). The summed E-state index contributed by atoms with van der Waals surface area (Å²) in [6.07, 6.45) is 1.27. The molecular formula is C16H23N3OS.